The van der Waals surface area contributed by atoms with Crippen LogP contribution in [0.4, 0.5) is 0 Å². The van der Waals surface area contributed by atoms with Crippen molar-refractivity contribution in [2.45, 2.75) is 12.5 Å². The van der Waals surface area contributed by atoms with E-state index in [1.165, 1.54) is 19.2 Å². The molecule has 76 valence electrons. The molecule has 1 aromatic rings. The van der Waals surface area contributed by atoms with E-state index in [4.69, 9.17) is 34.0 Å². The molecule has 14 heavy (non-hydrogen) atoms. The van der Waals surface area contributed by atoms with Gasteiger partial charge in [0.1, 0.15) is 10.7 Å². The summed E-state index contributed by atoms with van der Waals surface area (Å²) in [5.41, 5.74) is 4.26. The second kappa shape index (κ2) is 3.73. The molecule has 1 atom stereocenters. The molecule has 1 rings (SSSR count). The van der Waals surface area contributed by atoms with Crippen molar-refractivity contribution in [2.75, 3.05) is 0 Å². The molecule has 6 heteroatoms. The zero-order chi connectivity index (χ0) is 10.9. The topological polar surface area (TPSA) is 76.2 Å². The summed E-state index contributed by atoms with van der Waals surface area (Å²) in [7, 11) is 0. The highest BCUT2D eigenvalue weighted by Crippen LogP contribution is 2.27. The van der Waals surface area contributed by atoms with Crippen LogP contribution in [0.3, 0.4) is 0 Å². The summed E-state index contributed by atoms with van der Waals surface area (Å²) in [6, 6.07) is 1.35. The number of carboxylic acid groups (broad SMARTS) is 1. The Morgan fingerprint density at radius 1 is 1.64 bits per heavy atom. The molecule has 0 radical (unpaired) electrons. The number of hydrogen-bond acceptors (Lipinski definition) is 3. The molecule has 0 unspecified atom stereocenters. The van der Waals surface area contributed by atoms with Gasteiger partial charge in [-0.1, -0.05) is 23.2 Å². The van der Waals surface area contributed by atoms with Gasteiger partial charge in [0.25, 0.3) is 0 Å². The number of rotatable bonds is 2. The van der Waals surface area contributed by atoms with Crippen LogP contribution in [0.25, 0.3) is 0 Å². The minimum atomic E-state index is -1.57. The third-order valence-electron chi connectivity index (χ3n) is 1.83. The first-order valence-electron chi connectivity index (χ1n) is 3.69. The van der Waals surface area contributed by atoms with E-state index < -0.39 is 11.5 Å². The Morgan fingerprint density at radius 3 is 2.71 bits per heavy atom. The summed E-state index contributed by atoms with van der Waals surface area (Å²) < 4.78 is 0. The van der Waals surface area contributed by atoms with Crippen molar-refractivity contribution >= 4 is 29.2 Å². The van der Waals surface area contributed by atoms with E-state index in [1.54, 1.807) is 0 Å². The number of carbonyl (C=O) groups is 1. The highest BCUT2D eigenvalue weighted by atomic mass is 35.5. The molecule has 0 fully saturated rings. The molecular formula is C8H8Cl2N2O2. The van der Waals surface area contributed by atoms with Gasteiger partial charge in [0.15, 0.2) is 0 Å². The fourth-order valence-corrected chi connectivity index (χ4v) is 1.38. The lowest BCUT2D eigenvalue weighted by molar-refractivity contribution is -0.143. The zero-order valence-corrected chi connectivity index (χ0v) is 8.80. The van der Waals surface area contributed by atoms with Gasteiger partial charge in [-0.25, -0.2) is 9.78 Å². The first-order chi connectivity index (χ1) is 6.35. The van der Waals surface area contributed by atoms with Crippen LogP contribution >= 0.6 is 23.2 Å². The van der Waals surface area contributed by atoms with Crippen LogP contribution in [0.2, 0.25) is 10.2 Å². The van der Waals surface area contributed by atoms with E-state index in [0.717, 1.165) is 0 Å². The molecule has 0 aliphatic carbocycles. The SMILES string of the molecule is C[C@@](N)(C(=O)O)c1cc(Cl)ncc1Cl. The number of carboxylic acids is 1. The molecule has 0 aliphatic rings. The highest BCUT2D eigenvalue weighted by Gasteiger charge is 2.32. The van der Waals surface area contributed by atoms with Crippen LogP contribution in [0, 0.1) is 0 Å². The number of nitrogens with two attached hydrogens (primary N) is 1. The Hall–Kier alpha value is -0.840. The molecular weight excluding hydrogens is 227 g/mol. The summed E-state index contributed by atoms with van der Waals surface area (Å²) in [5.74, 6) is -1.18. The van der Waals surface area contributed by atoms with Gasteiger partial charge in [-0.05, 0) is 13.0 Å². The summed E-state index contributed by atoms with van der Waals surface area (Å²) in [5, 5.41) is 9.20. The van der Waals surface area contributed by atoms with E-state index in [-0.39, 0.29) is 15.7 Å². The van der Waals surface area contributed by atoms with Crippen molar-refractivity contribution in [2.24, 2.45) is 5.73 Å². The number of aliphatic carboxylic acids is 1. The third-order valence-corrected chi connectivity index (χ3v) is 2.33. The van der Waals surface area contributed by atoms with Crippen LogP contribution in [0.1, 0.15) is 12.5 Å². The number of aromatic nitrogens is 1. The molecule has 4 nitrogen and oxygen atoms in total. The fourth-order valence-electron chi connectivity index (χ4n) is 0.926. The van der Waals surface area contributed by atoms with Gasteiger partial charge < -0.3 is 10.8 Å². The van der Waals surface area contributed by atoms with Crippen molar-refractivity contribution in [3.05, 3.63) is 28.0 Å². The lowest BCUT2D eigenvalue weighted by atomic mass is 9.94. The number of nitrogens with zero attached hydrogens (tertiary/aromatic N) is 1. The Balaban J connectivity index is 3.31. The molecule has 0 saturated carbocycles. The Morgan fingerprint density at radius 2 is 2.21 bits per heavy atom. The molecule has 0 spiro atoms. The van der Waals surface area contributed by atoms with E-state index in [1.807, 2.05) is 0 Å². The maximum atomic E-state index is 10.8. The second-order valence-electron chi connectivity index (χ2n) is 2.99. The standard InChI is InChI=1S/C8H8Cl2N2O2/c1-8(11,7(13)14)4-2-6(10)12-3-5(4)9/h2-3H,11H2,1H3,(H,13,14)/t8-/m0/s1. The quantitative estimate of drug-likeness (QED) is 0.764. The summed E-state index contributed by atoms with van der Waals surface area (Å²) in [6.07, 6.45) is 1.27. The average Bonchev–Trinajstić information content (AvgIpc) is 2.08. The van der Waals surface area contributed by atoms with Crippen LogP contribution in [0.5, 0.6) is 0 Å². The normalized spacial score (nSPS) is 14.9. The number of hydrogen-bond donors (Lipinski definition) is 2. The molecule has 1 aromatic heterocycles. The monoisotopic (exact) mass is 234 g/mol. The first-order valence-corrected chi connectivity index (χ1v) is 4.45. The van der Waals surface area contributed by atoms with Gasteiger partial charge in [-0.15, -0.1) is 0 Å². The lowest BCUT2D eigenvalue weighted by Crippen LogP contribution is -2.42. The van der Waals surface area contributed by atoms with Gasteiger partial charge in [-0.3, -0.25) is 0 Å². The van der Waals surface area contributed by atoms with Crippen molar-refractivity contribution in [3.63, 3.8) is 0 Å². The van der Waals surface area contributed by atoms with E-state index >= 15 is 0 Å². The predicted molar refractivity (Wildman–Crippen MR) is 53.4 cm³/mol. The van der Waals surface area contributed by atoms with Gasteiger partial charge in [0, 0.05) is 11.8 Å². The van der Waals surface area contributed by atoms with Crippen LogP contribution in [-0.2, 0) is 10.3 Å². The Kier molecular flexibility index (Phi) is 2.99. The van der Waals surface area contributed by atoms with E-state index in [0.29, 0.717) is 0 Å². The van der Waals surface area contributed by atoms with Gasteiger partial charge in [0.05, 0.1) is 5.02 Å². The van der Waals surface area contributed by atoms with Gasteiger partial charge >= 0.3 is 5.97 Å². The predicted octanol–water partition coefficient (Wildman–Crippen LogP) is 1.65. The lowest BCUT2D eigenvalue weighted by Gasteiger charge is -2.20. The van der Waals surface area contributed by atoms with Crippen molar-refractivity contribution in [1.82, 2.24) is 4.98 Å². The highest BCUT2D eigenvalue weighted by molar-refractivity contribution is 6.33. The molecule has 0 saturated heterocycles. The molecule has 0 bridgehead atoms. The van der Waals surface area contributed by atoms with Crippen LogP contribution in [0.15, 0.2) is 12.3 Å². The van der Waals surface area contributed by atoms with Crippen molar-refractivity contribution in [3.8, 4) is 0 Å². The van der Waals surface area contributed by atoms with Gasteiger partial charge in [0.2, 0.25) is 0 Å². The minimum absolute atomic E-state index is 0.155. The Bertz CT molecular complexity index is 380. The summed E-state index contributed by atoms with van der Waals surface area (Å²) in [6.45, 7) is 1.34. The zero-order valence-electron chi connectivity index (χ0n) is 7.29. The van der Waals surface area contributed by atoms with E-state index in [2.05, 4.69) is 4.98 Å². The average molecular weight is 235 g/mol. The maximum Gasteiger partial charge on any atom is 0.328 e. The minimum Gasteiger partial charge on any atom is -0.480 e. The number of pyridine rings is 1. The molecule has 0 aromatic carbocycles. The number of halogens is 2. The molecule has 0 aliphatic heterocycles. The summed E-state index contributed by atoms with van der Waals surface area (Å²) >= 11 is 11.4. The third kappa shape index (κ3) is 1.97. The van der Waals surface area contributed by atoms with Crippen molar-refractivity contribution in [1.29, 1.82) is 0 Å². The van der Waals surface area contributed by atoms with Crippen LogP contribution in [-0.4, -0.2) is 16.1 Å². The largest absolute Gasteiger partial charge is 0.480 e. The second-order valence-corrected chi connectivity index (χ2v) is 3.79. The molecule has 0 amide bonds. The Labute approximate surface area is 90.6 Å². The van der Waals surface area contributed by atoms with Crippen LogP contribution < -0.4 is 5.73 Å². The van der Waals surface area contributed by atoms with Crippen molar-refractivity contribution < 1.29 is 9.90 Å². The smallest absolute Gasteiger partial charge is 0.328 e. The fraction of sp³-hybridized carbons (Fsp3) is 0.250. The van der Waals surface area contributed by atoms with Gasteiger partial charge in [-0.2, -0.15) is 0 Å². The summed E-state index contributed by atoms with van der Waals surface area (Å²) in [4.78, 5) is 14.5. The molecule has 1 heterocycles. The molecule has 3 N–H and O–H groups in total. The first kappa shape index (κ1) is 11.2. The maximum absolute atomic E-state index is 10.8. The van der Waals surface area contributed by atoms with E-state index in [9.17, 15) is 4.79 Å².